The maximum atomic E-state index is 13.5. The molecule has 2 heterocycles. The van der Waals surface area contributed by atoms with Crippen molar-refractivity contribution in [1.82, 2.24) is 14.5 Å². The number of hydrogen-bond acceptors (Lipinski definition) is 5. The Bertz CT molecular complexity index is 1110. The minimum atomic E-state index is -0.523. The Morgan fingerprint density at radius 3 is 2.86 bits per heavy atom. The fourth-order valence-electron chi connectivity index (χ4n) is 3.30. The first-order valence-electron chi connectivity index (χ1n) is 9.36. The van der Waals surface area contributed by atoms with Crippen LogP contribution in [0.1, 0.15) is 6.92 Å². The van der Waals surface area contributed by atoms with Crippen molar-refractivity contribution in [3.8, 4) is 11.5 Å². The average Bonchev–Trinajstić information content (AvgIpc) is 2.74. The van der Waals surface area contributed by atoms with Crippen molar-refractivity contribution in [3.63, 3.8) is 0 Å². The molecule has 1 atom stereocenters. The van der Waals surface area contributed by atoms with Gasteiger partial charge in [0.1, 0.15) is 19.0 Å². The van der Waals surface area contributed by atoms with Crippen LogP contribution in [0.5, 0.6) is 11.5 Å². The van der Waals surface area contributed by atoms with E-state index in [9.17, 15) is 14.0 Å². The second kappa shape index (κ2) is 7.90. The number of nitrogens with zero attached hydrogens (tertiary/aromatic N) is 3. The topological polar surface area (TPSA) is 73.7 Å². The summed E-state index contributed by atoms with van der Waals surface area (Å²) in [5.74, 6) is 0.545. The van der Waals surface area contributed by atoms with Gasteiger partial charge in [-0.15, -0.1) is 0 Å². The van der Waals surface area contributed by atoms with Crippen molar-refractivity contribution in [2.75, 3.05) is 19.7 Å². The number of benzene rings is 2. The molecule has 150 valence electrons. The number of hydrogen-bond donors (Lipinski definition) is 0. The highest BCUT2D eigenvalue weighted by Crippen LogP contribution is 2.31. The normalized spacial score (nSPS) is 15.3. The molecule has 1 amide bonds. The molecule has 0 saturated heterocycles. The molecule has 0 fully saturated rings. The zero-order valence-corrected chi connectivity index (χ0v) is 15.9. The number of fused-ring (bicyclic) bond motifs is 2. The Morgan fingerprint density at radius 1 is 1.28 bits per heavy atom. The molecule has 7 nitrogen and oxygen atoms in total. The van der Waals surface area contributed by atoms with E-state index in [2.05, 4.69) is 4.98 Å². The van der Waals surface area contributed by atoms with Gasteiger partial charge in [-0.25, -0.2) is 9.37 Å². The summed E-state index contributed by atoms with van der Waals surface area (Å²) in [5, 5.41) is 0.143. The maximum absolute atomic E-state index is 13.5. The lowest BCUT2D eigenvalue weighted by atomic mass is 10.2. The van der Waals surface area contributed by atoms with Gasteiger partial charge in [0.05, 0.1) is 23.8 Å². The van der Waals surface area contributed by atoms with E-state index < -0.39 is 11.4 Å². The Morgan fingerprint density at radius 2 is 2.07 bits per heavy atom. The van der Waals surface area contributed by atoms with Gasteiger partial charge in [-0.05, 0) is 37.3 Å². The van der Waals surface area contributed by atoms with Crippen molar-refractivity contribution in [1.29, 1.82) is 0 Å². The van der Waals surface area contributed by atoms with Crippen molar-refractivity contribution in [3.05, 3.63) is 65.0 Å². The monoisotopic (exact) mass is 397 g/mol. The van der Waals surface area contributed by atoms with Gasteiger partial charge in [0, 0.05) is 6.54 Å². The third kappa shape index (κ3) is 3.91. The third-order valence-electron chi connectivity index (χ3n) is 4.82. The van der Waals surface area contributed by atoms with Crippen molar-refractivity contribution >= 4 is 16.8 Å². The zero-order valence-electron chi connectivity index (χ0n) is 15.9. The number of likely N-dealkylation sites (N-methyl/N-ethyl adjacent to an activating group) is 1. The fourth-order valence-corrected chi connectivity index (χ4v) is 3.30. The number of rotatable bonds is 5. The lowest BCUT2D eigenvalue weighted by Gasteiger charge is -2.31. The quantitative estimate of drug-likeness (QED) is 0.660. The van der Waals surface area contributed by atoms with Crippen LogP contribution in [0, 0.1) is 5.82 Å². The molecule has 0 aliphatic carbocycles. The number of carbonyl (C=O) groups excluding carboxylic acids is 1. The van der Waals surface area contributed by atoms with Crippen LogP contribution in [-0.2, 0) is 11.3 Å². The number of aromatic nitrogens is 2. The van der Waals surface area contributed by atoms with Crippen molar-refractivity contribution in [2.24, 2.45) is 0 Å². The van der Waals surface area contributed by atoms with Crippen LogP contribution in [0.15, 0.2) is 53.6 Å². The van der Waals surface area contributed by atoms with Crippen LogP contribution in [0.25, 0.3) is 10.9 Å². The first-order valence-corrected chi connectivity index (χ1v) is 9.36. The minimum Gasteiger partial charge on any atom is -0.486 e. The summed E-state index contributed by atoms with van der Waals surface area (Å²) in [6, 6.07) is 11.2. The lowest BCUT2D eigenvalue weighted by molar-refractivity contribution is -0.133. The minimum absolute atomic E-state index is 0.143. The summed E-state index contributed by atoms with van der Waals surface area (Å²) in [6.45, 7) is 2.78. The van der Waals surface area contributed by atoms with Crippen LogP contribution in [0.4, 0.5) is 4.39 Å². The highest BCUT2D eigenvalue weighted by molar-refractivity contribution is 5.79. The van der Waals surface area contributed by atoms with E-state index in [4.69, 9.17) is 9.47 Å². The molecule has 3 aromatic rings. The largest absolute Gasteiger partial charge is 0.486 e. The molecular formula is C21H20FN3O4. The zero-order chi connectivity index (χ0) is 20.4. The van der Waals surface area contributed by atoms with Gasteiger partial charge in [-0.2, -0.15) is 0 Å². The molecule has 2 aromatic carbocycles. The summed E-state index contributed by atoms with van der Waals surface area (Å²) < 4.78 is 26.3. The standard InChI is InChI=1S/C21H20FN3O4/c1-2-24(10-15-12-28-18-5-3-4-6-19(18)29-15)20(26)11-25-13-23-17-8-7-14(22)9-16(17)21(25)27/h3-9,13,15H,2,10-12H2,1H3. The molecule has 1 aliphatic heterocycles. The Hall–Kier alpha value is -3.42. The van der Waals surface area contributed by atoms with E-state index in [1.807, 2.05) is 31.2 Å². The molecule has 1 unspecified atom stereocenters. The van der Waals surface area contributed by atoms with Gasteiger partial charge in [0.15, 0.2) is 17.6 Å². The van der Waals surface area contributed by atoms with E-state index >= 15 is 0 Å². The molecule has 0 bridgehead atoms. The summed E-state index contributed by atoms with van der Waals surface area (Å²) in [6.07, 6.45) is 1.000. The Kier molecular flexibility index (Phi) is 5.16. The summed E-state index contributed by atoms with van der Waals surface area (Å²) in [7, 11) is 0. The SMILES string of the molecule is CCN(CC1COc2ccccc2O1)C(=O)Cn1cnc2ccc(F)cc2c1=O. The number of carbonyl (C=O) groups is 1. The third-order valence-corrected chi connectivity index (χ3v) is 4.82. The number of ether oxygens (including phenoxy) is 2. The highest BCUT2D eigenvalue weighted by atomic mass is 19.1. The van der Waals surface area contributed by atoms with Gasteiger partial charge >= 0.3 is 0 Å². The molecule has 1 aliphatic rings. The van der Waals surface area contributed by atoms with Gasteiger partial charge in [0.2, 0.25) is 5.91 Å². The average molecular weight is 397 g/mol. The second-order valence-corrected chi connectivity index (χ2v) is 6.77. The van der Waals surface area contributed by atoms with Crippen molar-refractivity contribution < 1.29 is 18.7 Å². The van der Waals surface area contributed by atoms with E-state index in [0.717, 1.165) is 6.07 Å². The number of amides is 1. The Balaban J connectivity index is 1.48. The van der Waals surface area contributed by atoms with E-state index in [1.54, 1.807) is 4.90 Å². The Labute approximate surface area is 166 Å². The van der Waals surface area contributed by atoms with Crippen LogP contribution >= 0.6 is 0 Å². The van der Waals surface area contributed by atoms with Gasteiger partial charge in [0.25, 0.3) is 5.56 Å². The lowest BCUT2D eigenvalue weighted by Crippen LogP contribution is -2.45. The fraction of sp³-hybridized carbons (Fsp3) is 0.286. The molecule has 1 aromatic heterocycles. The van der Waals surface area contributed by atoms with Crippen LogP contribution in [-0.4, -0.2) is 46.2 Å². The molecule has 0 spiro atoms. The van der Waals surface area contributed by atoms with Crippen LogP contribution in [0.2, 0.25) is 0 Å². The second-order valence-electron chi connectivity index (χ2n) is 6.77. The molecule has 29 heavy (non-hydrogen) atoms. The molecular weight excluding hydrogens is 377 g/mol. The number of para-hydroxylation sites is 2. The molecule has 4 rings (SSSR count). The highest BCUT2D eigenvalue weighted by Gasteiger charge is 2.25. The smallest absolute Gasteiger partial charge is 0.261 e. The van der Waals surface area contributed by atoms with Gasteiger partial charge in [-0.3, -0.25) is 14.2 Å². The predicted octanol–water partition coefficient (Wildman–Crippen LogP) is 2.22. The summed E-state index contributed by atoms with van der Waals surface area (Å²) in [4.78, 5) is 31.1. The molecule has 0 saturated carbocycles. The van der Waals surface area contributed by atoms with E-state index in [0.29, 0.717) is 36.7 Å². The molecule has 0 N–H and O–H groups in total. The first kappa shape index (κ1) is 18.9. The summed E-state index contributed by atoms with van der Waals surface area (Å²) >= 11 is 0. The van der Waals surface area contributed by atoms with Crippen molar-refractivity contribution in [2.45, 2.75) is 19.6 Å². The summed E-state index contributed by atoms with van der Waals surface area (Å²) in [5.41, 5.74) is -0.0658. The van der Waals surface area contributed by atoms with Crippen LogP contribution < -0.4 is 15.0 Å². The van der Waals surface area contributed by atoms with Gasteiger partial charge in [-0.1, -0.05) is 12.1 Å². The first-order chi connectivity index (χ1) is 14.0. The van der Waals surface area contributed by atoms with E-state index in [-0.39, 0.29) is 23.9 Å². The number of halogens is 1. The molecule has 0 radical (unpaired) electrons. The van der Waals surface area contributed by atoms with Crippen LogP contribution in [0.3, 0.4) is 0 Å². The maximum Gasteiger partial charge on any atom is 0.261 e. The molecule has 8 heteroatoms. The predicted molar refractivity (Wildman–Crippen MR) is 105 cm³/mol. The van der Waals surface area contributed by atoms with E-state index in [1.165, 1.54) is 23.0 Å². The van der Waals surface area contributed by atoms with Gasteiger partial charge < -0.3 is 14.4 Å².